The topological polar surface area (TPSA) is 97.2 Å². The van der Waals surface area contributed by atoms with Crippen molar-refractivity contribution in [2.24, 2.45) is 0 Å². The van der Waals surface area contributed by atoms with Crippen LogP contribution in [0.4, 0.5) is 0 Å². The van der Waals surface area contributed by atoms with Crippen molar-refractivity contribution in [3.8, 4) is 0 Å². The monoisotopic (exact) mass is 391 g/mol. The summed E-state index contributed by atoms with van der Waals surface area (Å²) in [4.78, 5) is 14.1. The molecule has 0 bridgehead atoms. The number of benzene rings is 1. The van der Waals surface area contributed by atoms with Crippen molar-refractivity contribution in [1.82, 2.24) is 24.6 Å². The fraction of sp³-hybridized carbons (Fsp3) is 0.500. The molecule has 1 aliphatic rings. The minimum atomic E-state index is -3.62. The van der Waals surface area contributed by atoms with Crippen LogP contribution in [0.1, 0.15) is 38.8 Å². The molecule has 3 rings (SSSR count). The van der Waals surface area contributed by atoms with Crippen LogP contribution in [0.25, 0.3) is 0 Å². The number of aromatic nitrogens is 3. The van der Waals surface area contributed by atoms with Gasteiger partial charge in [-0.3, -0.25) is 4.79 Å². The predicted octanol–water partition coefficient (Wildman–Crippen LogP) is 1.33. The van der Waals surface area contributed by atoms with Crippen LogP contribution in [0, 0.1) is 0 Å². The first-order valence-electron chi connectivity index (χ1n) is 8.90. The fourth-order valence-electron chi connectivity index (χ4n) is 2.91. The number of rotatable bonds is 6. The van der Waals surface area contributed by atoms with Gasteiger partial charge in [-0.2, -0.15) is 0 Å². The highest BCUT2D eigenvalue weighted by Gasteiger charge is 2.32. The summed E-state index contributed by atoms with van der Waals surface area (Å²) in [5, 5.41) is 7.67. The van der Waals surface area contributed by atoms with Crippen molar-refractivity contribution in [3.63, 3.8) is 0 Å². The Labute approximate surface area is 159 Å². The third kappa shape index (κ3) is 4.54. The molecule has 9 heteroatoms. The third-order valence-electron chi connectivity index (χ3n) is 4.69. The number of carbonyl (C=O) groups is 1. The Balaban J connectivity index is 1.47. The quantitative estimate of drug-likeness (QED) is 0.801. The number of carbonyl (C=O) groups excluding carboxylic acids is 1. The molecule has 1 N–H and O–H groups in total. The molecular weight excluding hydrogens is 366 g/mol. The second-order valence-corrected chi connectivity index (χ2v) is 9.52. The van der Waals surface area contributed by atoms with Gasteiger partial charge in [0.2, 0.25) is 15.9 Å². The lowest BCUT2D eigenvalue weighted by atomic mass is 9.87. The van der Waals surface area contributed by atoms with Crippen molar-refractivity contribution >= 4 is 15.9 Å². The SMILES string of the molecule is CC(C)(C)c1ccc(S(=O)(=O)NCCC(=O)N2CC(n3ccnn3)C2)cc1. The Morgan fingerprint density at radius 3 is 2.44 bits per heavy atom. The molecule has 2 aromatic rings. The van der Waals surface area contributed by atoms with Crippen molar-refractivity contribution < 1.29 is 13.2 Å². The van der Waals surface area contributed by atoms with Crippen LogP contribution in [-0.2, 0) is 20.2 Å². The number of hydrogen-bond acceptors (Lipinski definition) is 5. The van der Waals surface area contributed by atoms with Crippen LogP contribution in [-0.4, -0.2) is 53.9 Å². The molecule has 0 spiro atoms. The van der Waals surface area contributed by atoms with E-state index < -0.39 is 10.0 Å². The van der Waals surface area contributed by atoms with E-state index in [1.54, 1.807) is 34.1 Å². The summed E-state index contributed by atoms with van der Waals surface area (Å²) in [6, 6.07) is 6.99. The summed E-state index contributed by atoms with van der Waals surface area (Å²) in [7, 11) is -3.62. The van der Waals surface area contributed by atoms with Gasteiger partial charge in [-0.15, -0.1) is 5.10 Å². The lowest BCUT2D eigenvalue weighted by Crippen LogP contribution is -2.51. The number of nitrogens with zero attached hydrogens (tertiary/aromatic N) is 4. The summed E-state index contributed by atoms with van der Waals surface area (Å²) in [5.41, 5.74) is 1.03. The Hall–Kier alpha value is -2.26. The molecule has 0 aliphatic carbocycles. The second kappa shape index (κ2) is 7.40. The minimum Gasteiger partial charge on any atom is -0.338 e. The molecule has 0 atom stereocenters. The maximum absolute atomic E-state index is 12.4. The largest absolute Gasteiger partial charge is 0.338 e. The Kier molecular flexibility index (Phi) is 5.34. The summed E-state index contributed by atoms with van der Waals surface area (Å²) in [6.07, 6.45) is 3.50. The van der Waals surface area contributed by atoms with E-state index in [9.17, 15) is 13.2 Å². The Morgan fingerprint density at radius 2 is 1.89 bits per heavy atom. The third-order valence-corrected chi connectivity index (χ3v) is 6.17. The normalized spacial score (nSPS) is 15.6. The molecule has 2 heterocycles. The smallest absolute Gasteiger partial charge is 0.240 e. The second-order valence-electron chi connectivity index (χ2n) is 7.76. The van der Waals surface area contributed by atoms with Gasteiger partial charge in [0.1, 0.15) is 0 Å². The highest BCUT2D eigenvalue weighted by atomic mass is 32.2. The molecule has 146 valence electrons. The van der Waals surface area contributed by atoms with Crippen LogP contribution in [0.15, 0.2) is 41.6 Å². The number of nitrogens with one attached hydrogen (secondary N) is 1. The van der Waals surface area contributed by atoms with Crippen LogP contribution in [0.3, 0.4) is 0 Å². The first-order valence-corrected chi connectivity index (χ1v) is 10.4. The Morgan fingerprint density at radius 1 is 1.22 bits per heavy atom. The molecule has 1 aliphatic heterocycles. The molecule has 0 unspecified atom stereocenters. The zero-order valence-electron chi connectivity index (χ0n) is 15.8. The standard InChI is InChI=1S/C18H25N5O3S/c1-18(2,3)14-4-6-16(7-5-14)27(25,26)20-9-8-17(24)22-12-15(13-22)23-11-10-19-21-23/h4-7,10-11,15,20H,8-9,12-13H2,1-3H3. The van der Waals surface area contributed by atoms with Gasteiger partial charge in [-0.05, 0) is 23.1 Å². The molecule has 1 amide bonds. The lowest BCUT2D eigenvalue weighted by molar-refractivity contribution is -0.137. The summed E-state index contributed by atoms with van der Waals surface area (Å²) < 4.78 is 29.0. The average Bonchev–Trinajstić information content (AvgIpc) is 3.06. The van der Waals surface area contributed by atoms with E-state index in [2.05, 4.69) is 35.8 Å². The van der Waals surface area contributed by atoms with Gasteiger partial charge < -0.3 is 4.90 Å². The zero-order valence-corrected chi connectivity index (χ0v) is 16.6. The molecule has 0 radical (unpaired) electrons. The maximum atomic E-state index is 12.4. The van der Waals surface area contributed by atoms with Crippen LogP contribution in [0.5, 0.6) is 0 Å². The van der Waals surface area contributed by atoms with Gasteiger partial charge in [0.05, 0.1) is 17.1 Å². The van der Waals surface area contributed by atoms with E-state index in [4.69, 9.17) is 0 Å². The molecule has 1 aromatic heterocycles. The van der Waals surface area contributed by atoms with Crippen molar-refractivity contribution in [2.45, 2.75) is 43.5 Å². The summed E-state index contributed by atoms with van der Waals surface area (Å²) in [5.74, 6) is -0.0721. The summed E-state index contributed by atoms with van der Waals surface area (Å²) >= 11 is 0. The molecule has 1 fully saturated rings. The van der Waals surface area contributed by atoms with Gasteiger partial charge in [0.15, 0.2) is 0 Å². The van der Waals surface area contributed by atoms with Crippen molar-refractivity contribution in [1.29, 1.82) is 0 Å². The molecular formula is C18H25N5O3S. The first-order chi connectivity index (χ1) is 12.7. The Bertz CT molecular complexity index is 880. The molecule has 1 aromatic carbocycles. The highest BCUT2D eigenvalue weighted by Crippen LogP contribution is 2.23. The van der Waals surface area contributed by atoms with E-state index in [1.807, 2.05) is 12.1 Å². The fourth-order valence-corrected chi connectivity index (χ4v) is 3.94. The number of sulfonamides is 1. The lowest BCUT2D eigenvalue weighted by Gasteiger charge is -2.38. The highest BCUT2D eigenvalue weighted by molar-refractivity contribution is 7.89. The zero-order chi connectivity index (χ0) is 19.7. The number of likely N-dealkylation sites (tertiary alicyclic amines) is 1. The van der Waals surface area contributed by atoms with Gasteiger partial charge in [0, 0.05) is 32.3 Å². The first kappa shape index (κ1) is 19.5. The average molecular weight is 391 g/mol. The van der Waals surface area contributed by atoms with Crippen LogP contribution < -0.4 is 4.72 Å². The summed E-state index contributed by atoms with van der Waals surface area (Å²) in [6.45, 7) is 7.44. The van der Waals surface area contributed by atoms with Crippen molar-refractivity contribution in [2.75, 3.05) is 19.6 Å². The predicted molar refractivity (Wildman–Crippen MR) is 101 cm³/mol. The number of hydrogen-bond donors (Lipinski definition) is 1. The van der Waals surface area contributed by atoms with Gasteiger partial charge in [-0.1, -0.05) is 38.1 Å². The van der Waals surface area contributed by atoms with Crippen LogP contribution >= 0.6 is 0 Å². The van der Waals surface area contributed by atoms with E-state index in [0.717, 1.165) is 5.56 Å². The maximum Gasteiger partial charge on any atom is 0.240 e. The van der Waals surface area contributed by atoms with Gasteiger partial charge in [-0.25, -0.2) is 17.8 Å². The molecule has 1 saturated heterocycles. The van der Waals surface area contributed by atoms with Gasteiger partial charge >= 0.3 is 0 Å². The minimum absolute atomic E-state index is 0.0382. The van der Waals surface area contributed by atoms with Crippen LogP contribution in [0.2, 0.25) is 0 Å². The van der Waals surface area contributed by atoms with Gasteiger partial charge in [0.25, 0.3) is 0 Å². The van der Waals surface area contributed by atoms with Crippen molar-refractivity contribution in [3.05, 3.63) is 42.2 Å². The van der Waals surface area contributed by atoms with E-state index in [-0.39, 0.29) is 35.2 Å². The molecule has 0 saturated carbocycles. The van der Waals surface area contributed by atoms with E-state index >= 15 is 0 Å². The molecule has 8 nitrogen and oxygen atoms in total. The van der Waals surface area contributed by atoms with E-state index in [1.165, 1.54) is 0 Å². The molecule has 27 heavy (non-hydrogen) atoms. The number of amides is 1. The van der Waals surface area contributed by atoms with E-state index in [0.29, 0.717) is 13.1 Å².